The van der Waals surface area contributed by atoms with E-state index in [1.807, 2.05) is 0 Å². The Bertz CT molecular complexity index is 1220. The second kappa shape index (κ2) is 12.5. The van der Waals surface area contributed by atoms with Gasteiger partial charge in [0.25, 0.3) is 10.0 Å². The Morgan fingerprint density at radius 1 is 0.971 bits per heavy atom. The number of carbonyl (C=O) groups excluding carboxylic acids is 1. The molecule has 0 aliphatic heterocycles. The topological polar surface area (TPSA) is 66.5 Å². The van der Waals surface area contributed by atoms with Crippen molar-refractivity contribution in [3.05, 3.63) is 94.0 Å². The molecule has 180 valence electrons. The molecule has 0 aliphatic rings. The maximum absolute atomic E-state index is 13.3. The summed E-state index contributed by atoms with van der Waals surface area (Å²) in [5, 5.41) is 3.62. The lowest BCUT2D eigenvalue weighted by Gasteiger charge is -2.24. The lowest BCUT2D eigenvalue weighted by Crippen LogP contribution is -2.41. The van der Waals surface area contributed by atoms with Gasteiger partial charge >= 0.3 is 0 Å². The molecule has 0 spiro atoms. The third kappa shape index (κ3) is 7.67. The largest absolute Gasteiger partial charge is 0.354 e. The SMILES string of the molecule is Cc1cccc(CSCCCNC(=O)CN(c2cccc(Cl)c2)S(=O)(=O)c2ccc(Cl)cc2)c1. The van der Waals surface area contributed by atoms with Crippen LogP contribution in [-0.2, 0) is 20.6 Å². The summed E-state index contributed by atoms with van der Waals surface area (Å²) in [4.78, 5) is 12.7. The molecule has 3 aromatic rings. The van der Waals surface area contributed by atoms with Crippen LogP contribution in [0.4, 0.5) is 5.69 Å². The molecule has 0 heterocycles. The van der Waals surface area contributed by atoms with Crippen molar-refractivity contribution >= 4 is 56.6 Å². The lowest BCUT2D eigenvalue weighted by atomic mass is 10.2. The molecule has 1 N–H and O–H groups in total. The van der Waals surface area contributed by atoms with Gasteiger partial charge in [-0.3, -0.25) is 9.10 Å². The van der Waals surface area contributed by atoms with Crippen LogP contribution in [0.1, 0.15) is 17.5 Å². The molecule has 34 heavy (non-hydrogen) atoms. The molecule has 5 nitrogen and oxygen atoms in total. The molecule has 0 aromatic heterocycles. The molecule has 9 heteroatoms. The second-order valence-corrected chi connectivity index (χ2v) is 11.5. The highest BCUT2D eigenvalue weighted by Crippen LogP contribution is 2.26. The van der Waals surface area contributed by atoms with E-state index in [1.165, 1.54) is 41.5 Å². The van der Waals surface area contributed by atoms with Crippen LogP contribution >= 0.6 is 35.0 Å². The van der Waals surface area contributed by atoms with Gasteiger partial charge in [-0.05, 0) is 67.1 Å². The van der Waals surface area contributed by atoms with E-state index in [-0.39, 0.29) is 17.3 Å². The Kier molecular flexibility index (Phi) is 9.71. The van der Waals surface area contributed by atoms with Gasteiger partial charge < -0.3 is 5.32 Å². The van der Waals surface area contributed by atoms with E-state index in [4.69, 9.17) is 23.2 Å². The van der Waals surface area contributed by atoms with Crippen LogP contribution in [0.25, 0.3) is 0 Å². The zero-order valence-electron chi connectivity index (χ0n) is 18.7. The zero-order valence-corrected chi connectivity index (χ0v) is 21.9. The smallest absolute Gasteiger partial charge is 0.264 e. The second-order valence-electron chi connectivity index (χ2n) is 7.69. The summed E-state index contributed by atoms with van der Waals surface area (Å²) in [7, 11) is -4.01. The Balaban J connectivity index is 1.59. The van der Waals surface area contributed by atoms with Crippen molar-refractivity contribution in [2.24, 2.45) is 0 Å². The Morgan fingerprint density at radius 3 is 2.41 bits per heavy atom. The van der Waals surface area contributed by atoms with Gasteiger partial charge in [-0.2, -0.15) is 11.8 Å². The molecule has 1 amide bonds. The van der Waals surface area contributed by atoms with Crippen LogP contribution in [0.3, 0.4) is 0 Å². The fourth-order valence-electron chi connectivity index (χ4n) is 3.26. The molecular formula is C25H26Cl2N2O3S2. The van der Waals surface area contributed by atoms with E-state index in [1.54, 1.807) is 30.0 Å². The van der Waals surface area contributed by atoms with Gasteiger partial charge in [-0.1, -0.05) is 59.1 Å². The van der Waals surface area contributed by atoms with Gasteiger partial charge in [-0.15, -0.1) is 0 Å². The predicted octanol–water partition coefficient (Wildman–Crippen LogP) is 5.94. The minimum absolute atomic E-state index is 0.0391. The van der Waals surface area contributed by atoms with Crippen LogP contribution < -0.4 is 9.62 Å². The predicted molar refractivity (Wildman–Crippen MR) is 142 cm³/mol. The summed E-state index contributed by atoms with van der Waals surface area (Å²) < 4.78 is 27.7. The Hall–Kier alpha value is -2.19. The number of sulfonamides is 1. The number of rotatable bonds is 11. The number of nitrogens with one attached hydrogen (secondary N) is 1. The van der Waals surface area contributed by atoms with Crippen molar-refractivity contribution < 1.29 is 13.2 Å². The van der Waals surface area contributed by atoms with E-state index >= 15 is 0 Å². The van der Waals surface area contributed by atoms with E-state index in [0.29, 0.717) is 22.3 Å². The summed E-state index contributed by atoms with van der Waals surface area (Å²) in [5.74, 6) is 1.41. The first-order valence-corrected chi connectivity index (χ1v) is 14.0. The number of aryl methyl sites for hydroxylation is 1. The van der Waals surface area contributed by atoms with Crippen molar-refractivity contribution in [3.63, 3.8) is 0 Å². The molecular weight excluding hydrogens is 511 g/mol. The normalized spacial score (nSPS) is 11.3. The number of hydrogen-bond acceptors (Lipinski definition) is 4. The summed E-state index contributed by atoms with van der Waals surface area (Å²) in [6, 6.07) is 20.6. The summed E-state index contributed by atoms with van der Waals surface area (Å²) in [6.07, 6.45) is 0.781. The van der Waals surface area contributed by atoms with Gasteiger partial charge in [0.15, 0.2) is 0 Å². The molecule has 0 bridgehead atoms. The number of hydrogen-bond donors (Lipinski definition) is 1. The van der Waals surface area contributed by atoms with Gasteiger partial charge in [0.05, 0.1) is 10.6 Å². The fourth-order valence-corrected chi connectivity index (χ4v) is 5.89. The summed E-state index contributed by atoms with van der Waals surface area (Å²) >= 11 is 13.8. The maximum atomic E-state index is 13.3. The fraction of sp³-hybridized carbons (Fsp3) is 0.240. The first kappa shape index (κ1) is 26.4. The molecule has 3 aromatic carbocycles. The van der Waals surface area contributed by atoms with Crippen LogP contribution in [0.2, 0.25) is 10.0 Å². The van der Waals surface area contributed by atoms with E-state index in [9.17, 15) is 13.2 Å². The minimum Gasteiger partial charge on any atom is -0.354 e. The maximum Gasteiger partial charge on any atom is 0.264 e. The molecule has 0 fully saturated rings. The van der Waals surface area contributed by atoms with E-state index in [0.717, 1.165) is 22.2 Å². The standard InChI is InChI=1S/C25H26Cl2N2O3S2/c1-19-5-2-6-20(15-19)18-33-14-4-13-28-25(30)17-29(23-8-3-7-22(27)16-23)34(31,32)24-11-9-21(26)10-12-24/h2-3,5-12,15-16H,4,13-14,17-18H2,1H3,(H,28,30). The van der Waals surface area contributed by atoms with Crippen molar-refractivity contribution in [1.29, 1.82) is 0 Å². The highest BCUT2D eigenvalue weighted by atomic mass is 35.5. The Morgan fingerprint density at radius 2 is 1.71 bits per heavy atom. The van der Waals surface area contributed by atoms with Crippen molar-refractivity contribution in [3.8, 4) is 0 Å². The van der Waals surface area contributed by atoms with Gasteiger partial charge in [0.2, 0.25) is 5.91 Å². The van der Waals surface area contributed by atoms with E-state index < -0.39 is 10.0 Å². The van der Waals surface area contributed by atoms with Gasteiger partial charge in [0.1, 0.15) is 6.54 Å². The lowest BCUT2D eigenvalue weighted by molar-refractivity contribution is -0.119. The van der Waals surface area contributed by atoms with Crippen molar-refractivity contribution in [1.82, 2.24) is 5.32 Å². The minimum atomic E-state index is -4.01. The molecule has 0 saturated heterocycles. The number of benzene rings is 3. The monoisotopic (exact) mass is 536 g/mol. The third-order valence-electron chi connectivity index (χ3n) is 4.92. The number of amides is 1. The average molecular weight is 538 g/mol. The first-order valence-electron chi connectivity index (χ1n) is 10.7. The Labute approximate surface area is 215 Å². The highest BCUT2D eigenvalue weighted by Gasteiger charge is 2.27. The average Bonchev–Trinajstić information content (AvgIpc) is 2.80. The molecule has 3 rings (SSSR count). The van der Waals surface area contributed by atoms with Crippen LogP contribution in [0.5, 0.6) is 0 Å². The molecule has 0 radical (unpaired) electrons. The summed E-state index contributed by atoms with van der Waals surface area (Å²) in [6.45, 7) is 2.18. The number of nitrogens with zero attached hydrogens (tertiary/aromatic N) is 1. The third-order valence-corrected chi connectivity index (χ3v) is 8.31. The molecule has 0 saturated carbocycles. The van der Waals surface area contributed by atoms with E-state index in [2.05, 4.69) is 36.5 Å². The quantitative estimate of drug-likeness (QED) is 0.308. The summed E-state index contributed by atoms with van der Waals surface area (Å²) in [5.41, 5.74) is 2.83. The highest BCUT2D eigenvalue weighted by molar-refractivity contribution is 7.98. The van der Waals surface area contributed by atoms with Crippen molar-refractivity contribution in [2.45, 2.75) is 24.0 Å². The molecule has 0 aliphatic carbocycles. The first-order chi connectivity index (χ1) is 16.3. The van der Waals surface area contributed by atoms with Gasteiger partial charge in [-0.25, -0.2) is 8.42 Å². The van der Waals surface area contributed by atoms with Crippen LogP contribution in [0, 0.1) is 6.92 Å². The van der Waals surface area contributed by atoms with Gasteiger partial charge in [0, 0.05) is 22.3 Å². The molecule has 0 atom stereocenters. The number of halogens is 2. The van der Waals surface area contributed by atoms with Crippen LogP contribution in [-0.4, -0.2) is 33.2 Å². The van der Waals surface area contributed by atoms with Crippen LogP contribution in [0.15, 0.2) is 77.7 Å². The molecule has 0 unspecified atom stereocenters. The number of carbonyl (C=O) groups is 1. The van der Waals surface area contributed by atoms with Crippen molar-refractivity contribution in [2.75, 3.05) is 23.1 Å². The number of thioether (sulfide) groups is 1. The zero-order chi connectivity index (χ0) is 24.6. The number of anilines is 1.